The quantitative estimate of drug-likeness (QED) is 0.625. The van der Waals surface area contributed by atoms with E-state index in [0.717, 1.165) is 11.8 Å². The van der Waals surface area contributed by atoms with Crippen molar-refractivity contribution >= 4 is 0 Å². The molecule has 1 saturated carbocycles. The molecule has 0 amide bonds. The van der Waals surface area contributed by atoms with Gasteiger partial charge in [0.15, 0.2) is 0 Å². The first-order valence-corrected chi connectivity index (χ1v) is 4.79. The van der Waals surface area contributed by atoms with Crippen LogP contribution in [0.2, 0.25) is 0 Å². The number of piperazine rings is 1. The Labute approximate surface area is 69.0 Å². The molecule has 2 heteroatoms. The maximum atomic E-state index is 3.38. The second-order valence-corrected chi connectivity index (χ2v) is 4.02. The van der Waals surface area contributed by atoms with Crippen LogP contribution in [0.3, 0.4) is 0 Å². The van der Waals surface area contributed by atoms with Crippen molar-refractivity contribution in [2.75, 3.05) is 32.7 Å². The summed E-state index contributed by atoms with van der Waals surface area (Å²) in [4.78, 5) is 2.60. The molecule has 2 atom stereocenters. The number of hydrogen-bond donors (Lipinski definition) is 1. The molecule has 0 aromatic heterocycles. The summed E-state index contributed by atoms with van der Waals surface area (Å²) < 4.78 is 0. The zero-order chi connectivity index (χ0) is 7.68. The van der Waals surface area contributed by atoms with E-state index < -0.39 is 0 Å². The molecule has 64 valence electrons. The minimum atomic E-state index is 1.02. The van der Waals surface area contributed by atoms with Crippen LogP contribution in [0.5, 0.6) is 0 Å². The lowest BCUT2D eigenvalue weighted by Gasteiger charge is -2.27. The molecule has 2 rings (SSSR count). The van der Waals surface area contributed by atoms with E-state index in [0.29, 0.717) is 0 Å². The summed E-state index contributed by atoms with van der Waals surface area (Å²) in [5.74, 6) is 2.05. The highest BCUT2D eigenvalue weighted by molar-refractivity contribution is 4.86. The summed E-state index contributed by atoms with van der Waals surface area (Å²) in [7, 11) is 0. The van der Waals surface area contributed by atoms with E-state index in [-0.39, 0.29) is 0 Å². The zero-order valence-corrected chi connectivity index (χ0v) is 7.34. The summed E-state index contributed by atoms with van der Waals surface area (Å²) in [6.45, 7) is 8.66. The Bertz CT molecular complexity index is 130. The van der Waals surface area contributed by atoms with Crippen molar-refractivity contribution in [2.24, 2.45) is 11.8 Å². The van der Waals surface area contributed by atoms with E-state index >= 15 is 0 Å². The van der Waals surface area contributed by atoms with Crippen LogP contribution in [-0.4, -0.2) is 37.6 Å². The Kier molecular flexibility index (Phi) is 2.14. The van der Waals surface area contributed by atoms with E-state index in [1.807, 2.05) is 0 Å². The van der Waals surface area contributed by atoms with Crippen molar-refractivity contribution in [1.82, 2.24) is 10.2 Å². The standard InChI is InChI=1S/C9H18N2/c1-8-6-9(8)7-11-4-2-10-3-5-11/h8-10H,2-7H2,1H3/t8-,9+/m1/s1. The molecule has 0 unspecified atom stereocenters. The van der Waals surface area contributed by atoms with Gasteiger partial charge in [0.05, 0.1) is 0 Å². The summed E-state index contributed by atoms with van der Waals surface area (Å²) in [6, 6.07) is 0. The Morgan fingerprint density at radius 2 is 2.00 bits per heavy atom. The van der Waals surface area contributed by atoms with E-state index in [9.17, 15) is 0 Å². The molecule has 2 nitrogen and oxygen atoms in total. The number of nitrogens with one attached hydrogen (secondary N) is 1. The zero-order valence-electron chi connectivity index (χ0n) is 7.34. The Hall–Kier alpha value is -0.0800. The average Bonchev–Trinajstić information content (AvgIpc) is 2.69. The highest BCUT2D eigenvalue weighted by atomic mass is 15.2. The topological polar surface area (TPSA) is 15.3 Å². The number of hydrogen-bond acceptors (Lipinski definition) is 2. The van der Waals surface area contributed by atoms with Crippen LogP contribution in [0.4, 0.5) is 0 Å². The van der Waals surface area contributed by atoms with Crippen molar-refractivity contribution in [1.29, 1.82) is 0 Å². The third kappa shape index (κ3) is 1.94. The van der Waals surface area contributed by atoms with Crippen LogP contribution in [-0.2, 0) is 0 Å². The van der Waals surface area contributed by atoms with Crippen molar-refractivity contribution in [2.45, 2.75) is 13.3 Å². The third-order valence-corrected chi connectivity index (χ3v) is 2.98. The van der Waals surface area contributed by atoms with E-state index in [2.05, 4.69) is 17.1 Å². The van der Waals surface area contributed by atoms with Gasteiger partial charge in [-0.2, -0.15) is 0 Å². The molecular formula is C9H18N2. The molecule has 0 aromatic rings. The van der Waals surface area contributed by atoms with Crippen LogP contribution >= 0.6 is 0 Å². The van der Waals surface area contributed by atoms with Gasteiger partial charge in [-0.05, 0) is 18.3 Å². The first-order chi connectivity index (χ1) is 5.36. The van der Waals surface area contributed by atoms with E-state index in [1.54, 1.807) is 0 Å². The maximum absolute atomic E-state index is 3.38. The molecule has 0 aromatic carbocycles. The maximum Gasteiger partial charge on any atom is 0.0107 e. The highest BCUT2D eigenvalue weighted by Gasteiger charge is 2.33. The molecule has 1 aliphatic carbocycles. The van der Waals surface area contributed by atoms with Crippen LogP contribution in [0.15, 0.2) is 0 Å². The van der Waals surface area contributed by atoms with Gasteiger partial charge in [-0.3, -0.25) is 0 Å². The minimum absolute atomic E-state index is 1.02. The van der Waals surface area contributed by atoms with Gasteiger partial charge in [-0.15, -0.1) is 0 Å². The lowest BCUT2D eigenvalue weighted by atomic mass is 10.3. The van der Waals surface area contributed by atoms with Crippen LogP contribution in [0, 0.1) is 11.8 Å². The Balaban J connectivity index is 1.68. The van der Waals surface area contributed by atoms with Gasteiger partial charge >= 0.3 is 0 Å². The van der Waals surface area contributed by atoms with Gasteiger partial charge in [0.2, 0.25) is 0 Å². The monoisotopic (exact) mass is 154 g/mol. The van der Waals surface area contributed by atoms with Gasteiger partial charge in [0, 0.05) is 32.7 Å². The van der Waals surface area contributed by atoms with E-state index in [4.69, 9.17) is 0 Å². The molecule has 1 N–H and O–H groups in total. The lowest BCUT2D eigenvalue weighted by Crippen LogP contribution is -2.44. The van der Waals surface area contributed by atoms with Gasteiger partial charge in [0.1, 0.15) is 0 Å². The minimum Gasteiger partial charge on any atom is -0.314 e. The van der Waals surface area contributed by atoms with Crippen molar-refractivity contribution in [3.05, 3.63) is 0 Å². The van der Waals surface area contributed by atoms with Crippen LogP contribution in [0.1, 0.15) is 13.3 Å². The largest absolute Gasteiger partial charge is 0.314 e. The fraction of sp³-hybridized carbons (Fsp3) is 1.00. The summed E-state index contributed by atoms with van der Waals surface area (Å²) in [6.07, 6.45) is 1.48. The molecule has 2 aliphatic rings. The molecule has 11 heavy (non-hydrogen) atoms. The number of rotatable bonds is 2. The molecular weight excluding hydrogens is 136 g/mol. The lowest BCUT2D eigenvalue weighted by molar-refractivity contribution is 0.229. The molecule has 1 aliphatic heterocycles. The van der Waals surface area contributed by atoms with Crippen LogP contribution < -0.4 is 5.32 Å². The smallest absolute Gasteiger partial charge is 0.0107 e. The predicted octanol–water partition coefficient (Wildman–Crippen LogP) is 0.548. The van der Waals surface area contributed by atoms with Gasteiger partial charge in [-0.1, -0.05) is 6.92 Å². The van der Waals surface area contributed by atoms with Crippen molar-refractivity contribution in [3.8, 4) is 0 Å². The average molecular weight is 154 g/mol. The fourth-order valence-corrected chi connectivity index (χ4v) is 1.88. The molecule has 2 fully saturated rings. The third-order valence-electron chi connectivity index (χ3n) is 2.98. The Morgan fingerprint density at radius 3 is 2.55 bits per heavy atom. The molecule has 1 heterocycles. The van der Waals surface area contributed by atoms with Gasteiger partial charge in [0.25, 0.3) is 0 Å². The SMILES string of the molecule is C[C@@H]1C[C@H]1CN1CCNCC1. The summed E-state index contributed by atoms with van der Waals surface area (Å²) >= 11 is 0. The second kappa shape index (κ2) is 3.11. The molecule has 1 saturated heterocycles. The fourth-order valence-electron chi connectivity index (χ4n) is 1.88. The predicted molar refractivity (Wildman–Crippen MR) is 46.6 cm³/mol. The first-order valence-electron chi connectivity index (χ1n) is 4.79. The number of nitrogens with zero attached hydrogens (tertiary/aromatic N) is 1. The molecule has 0 spiro atoms. The highest BCUT2D eigenvalue weighted by Crippen LogP contribution is 2.38. The van der Waals surface area contributed by atoms with Crippen LogP contribution in [0.25, 0.3) is 0 Å². The summed E-state index contributed by atoms with van der Waals surface area (Å²) in [5.41, 5.74) is 0. The Morgan fingerprint density at radius 1 is 1.36 bits per heavy atom. The molecule has 0 bridgehead atoms. The van der Waals surface area contributed by atoms with Crippen molar-refractivity contribution < 1.29 is 0 Å². The normalized spacial score (nSPS) is 39.0. The summed E-state index contributed by atoms with van der Waals surface area (Å²) in [5, 5.41) is 3.38. The second-order valence-electron chi connectivity index (χ2n) is 4.02. The van der Waals surface area contributed by atoms with Gasteiger partial charge in [-0.25, -0.2) is 0 Å². The van der Waals surface area contributed by atoms with E-state index in [1.165, 1.54) is 39.1 Å². The molecule has 0 radical (unpaired) electrons. The first kappa shape index (κ1) is 7.56. The van der Waals surface area contributed by atoms with Crippen molar-refractivity contribution in [3.63, 3.8) is 0 Å². The van der Waals surface area contributed by atoms with Gasteiger partial charge < -0.3 is 10.2 Å².